The van der Waals surface area contributed by atoms with Gasteiger partial charge in [0.25, 0.3) is 5.91 Å². The van der Waals surface area contributed by atoms with E-state index in [2.05, 4.69) is 23.5 Å². The zero-order valence-corrected chi connectivity index (χ0v) is 14.7. The number of benzene rings is 2. The largest absolute Gasteiger partial charge is 0.482 e. The average molecular weight is 350 g/mol. The van der Waals surface area contributed by atoms with Crippen LogP contribution in [0.3, 0.4) is 0 Å². The third-order valence-electron chi connectivity index (χ3n) is 4.25. The number of carbonyl (C=O) groups is 1. The zero-order valence-electron chi connectivity index (χ0n) is 14.7. The van der Waals surface area contributed by atoms with E-state index in [-0.39, 0.29) is 25.2 Å². The second-order valence-corrected chi connectivity index (χ2v) is 6.16. The topological polar surface area (TPSA) is 59.6 Å². The minimum absolute atomic E-state index is 0.0688. The van der Waals surface area contributed by atoms with E-state index in [1.54, 1.807) is 0 Å². The molecule has 1 atom stereocenters. The molecule has 0 aromatic heterocycles. The van der Waals surface area contributed by atoms with Gasteiger partial charge in [-0.3, -0.25) is 4.79 Å². The van der Waals surface area contributed by atoms with Gasteiger partial charge in [-0.1, -0.05) is 24.1 Å². The van der Waals surface area contributed by atoms with Crippen molar-refractivity contribution in [2.24, 2.45) is 0 Å². The SMILES string of the molecule is C#CCOc1ccc(CCNC(C)c2ccc3c(c2)OCC(=O)N3)cc1. The number of carbonyl (C=O) groups excluding carboxylic acids is 1. The number of fused-ring (bicyclic) bond motifs is 1. The van der Waals surface area contributed by atoms with E-state index < -0.39 is 0 Å². The molecule has 0 saturated carbocycles. The van der Waals surface area contributed by atoms with Gasteiger partial charge in [0.05, 0.1) is 5.69 Å². The smallest absolute Gasteiger partial charge is 0.262 e. The van der Waals surface area contributed by atoms with Crippen molar-refractivity contribution < 1.29 is 14.3 Å². The molecule has 1 aliphatic rings. The number of hydrogen-bond acceptors (Lipinski definition) is 4. The number of nitrogens with one attached hydrogen (secondary N) is 2. The molecule has 2 N–H and O–H groups in total. The van der Waals surface area contributed by atoms with E-state index in [9.17, 15) is 4.79 Å². The molecule has 2 aromatic rings. The lowest BCUT2D eigenvalue weighted by atomic mass is 10.1. The molecule has 0 aliphatic carbocycles. The van der Waals surface area contributed by atoms with Crippen LogP contribution >= 0.6 is 0 Å². The molecule has 134 valence electrons. The van der Waals surface area contributed by atoms with Crippen molar-refractivity contribution in [1.29, 1.82) is 0 Å². The van der Waals surface area contributed by atoms with Gasteiger partial charge in [0.15, 0.2) is 6.61 Å². The number of rotatable bonds is 7. The lowest BCUT2D eigenvalue weighted by Gasteiger charge is -2.21. The van der Waals surface area contributed by atoms with Gasteiger partial charge in [-0.05, 0) is 55.3 Å². The Hall–Kier alpha value is -2.97. The number of terminal acetylenes is 1. The highest BCUT2D eigenvalue weighted by Gasteiger charge is 2.17. The maximum Gasteiger partial charge on any atom is 0.262 e. The Labute approximate surface area is 153 Å². The molecular weight excluding hydrogens is 328 g/mol. The van der Waals surface area contributed by atoms with Gasteiger partial charge in [-0.25, -0.2) is 0 Å². The molecule has 1 heterocycles. The van der Waals surface area contributed by atoms with E-state index in [1.807, 2.05) is 42.5 Å². The highest BCUT2D eigenvalue weighted by atomic mass is 16.5. The van der Waals surface area contributed by atoms with Gasteiger partial charge >= 0.3 is 0 Å². The Morgan fingerprint density at radius 2 is 2.12 bits per heavy atom. The average Bonchev–Trinajstić information content (AvgIpc) is 2.66. The first-order valence-corrected chi connectivity index (χ1v) is 8.61. The van der Waals surface area contributed by atoms with Gasteiger partial charge in [0.2, 0.25) is 0 Å². The van der Waals surface area contributed by atoms with E-state index in [0.29, 0.717) is 0 Å². The predicted octanol–water partition coefficient (Wildman–Crippen LogP) is 2.92. The van der Waals surface area contributed by atoms with Crippen molar-refractivity contribution in [1.82, 2.24) is 5.32 Å². The Morgan fingerprint density at radius 3 is 2.88 bits per heavy atom. The minimum atomic E-state index is -0.118. The van der Waals surface area contributed by atoms with Crippen LogP contribution in [0.1, 0.15) is 24.1 Å². The fourth-order valence-electron chi connectivity index (χ4n) is 2.79. The summed E-state index contributed by atoms with van der Waals surface area (Å²) in [6, 6.07) is 14.0. The van der Waals surface area contributed by atoms with Crippen LogP contribution in [0.25, 0.3) is 0 Å². The van der Waals surface area contributed by atoms with E-state index in [4.69, 9.17) is 15.9 Å². The number of hydrogen-bond donors (Lipinski definition) is 2. The first kappa shape index (κ1) is 17.8. The number of amides is 1. The molecule has 1 unspecified atom stereocenters. The van der Waals surface area contributed by atoms with Crippen LogP contribution in [0.2, 0.25) is 0 Å². The van der Waals surface area contributed by atoms with Crippen LogP contribution in [0.5, 0.6) is 11.5 Å². The first-order valence-electron chi connectivity index (χ1n) is 8.61. The Morgan fingerprint density at radius 1 is 1.31 bits per heavy atom. The monoisotopic (exact) mass is 350 g/mol. The minimum Gasteiger partial charge on any atom is -0.482 e. The van der Waals surface area contributed by atoms with Crippen molar-refractivity contribution in [2.45, 2.75) is 19.4 Å². The molecule has 0 radical (unpaired) electrons. The summed E-state index contributed by atoms with van der Waals surface area (Å²) in [5.41, 5.74) is 3.08. The lowest BCUT2D eigenvalue weighted by Crippen LogP contribution is -2.26. The van der Waals surface area contributed by atoms with Crippen LogP contribution in [0, 0.1) is 12.3 Å². The van der Waals surface area contributed by atoms with Crippen molar-refractivity contribution in [3.05, 3.63) is 53.6 Å². The summed E-state index contributed by atoms with van der Waals surface area (Å²) < 4.78 is 10.8. The number of ether oxygens (including phenoxy) is 2. The van der Waals surface area contributed by atoms with Crippen LogP contribution in [0.15, 0.2) is 42.5 Å². The maximum atomic E-state index is 11.3. The van der Waals surface area contributed by atoms with E-state index >= 15 is 0 Å². The summed E-state index contributed by atoms with van der Waals surface area (Å²) >= 11 is 0. The summed E-state index contributed by atoms with van der Waals surface area (Å²) in [4.78, 5) is 11.3. The quantitative estimate of drug-likeness (QED) is 0.754. The third kappa shape index (κ3) is 4.56. The van der Waals surface area contributed by atoms with Crippen LogP contribution < -0.4 is 20.1 Å². The highest BCUT2D eigenvalue weighted by molar-refractivity contribution is 5.95. The summed E-state index contributed by atoms with van der Waals surface area (Å²) in [6.07, 6.45) is 6.10. The molecule has 0 fully saturated rings. The van der Waals surface area contributed by atoms with Crippen LogP contribution in [-0.4, -0.2) is 25.7 Å². The normalized spacial score (nSPS) is 13.8. The fourth-order valence-corrected chi connectivity index (χ4v) is 2.79. The van der Waals surface area contributed by atoms with Gasteiger partial charge in [0.1, 0.15) is 18.1 Å². The Balaban J connectivity index is 1.50. The summed E-state index contributed by atoms with van der Waals surface area (Å²) in [5, 5.41) is 6.31. The third-order valence-corrected chi connectivity index (χ3v) is 4.25. The fraction of sp³-hybridized carbons (Fsp3) is 0.286. The second kappa shape index (κ2) is 8.41. The molecule has 0 bridgehead atoms. The molecule has 1 aliphatic heterocycles. The Kier molecular flexibility index (Phi) is 5.77. The standard InChI is InChI=1S/C21H22N2O3/c1-3-12-25-18-7-4-16(5-8-18)10-11-22-15(2)17-6-9-19-20(13-17)26-14-21(24)23-19/h1,4-9,13,15,22H,10-12,14H2,2H3,(H,23,24). The first-order chi connectivity index (χ1) is 12.7. The van der Waals surface area contributed by atoms with Gasteiger partial charge in [0, 0.05) is 6.04 Å². The van der Waals surface area contributed by atoms with Crippen LogP contribution in [-0.2, 0) is 11.2 Å². The van der Waals surface area contributed by atoms with Gasteiger partial charge in [-0.15, -0.1) is 6.42 Å². The van der Waals surface area contributed by atoms with Crippen molar-refractivity contribution >= 4 is 11.6 Å². The molecule has 1 amide bonds. The molecule has 5 heteroatoms. The highest BCUT2D eigenvalue weighted by Crippen LogP contribution is 2.30. The summed E-state index contributed by atoms with van der Waals surface area (Å²) in [7, 11) is 0. The van der Waals surface area contributed by atoms with E-state index in [1.165, 1.54) is 5.56 Å². The van der Waals surface area contributed by atoms with E-state index in [0.717, 1.165) is 35.7 Å². The molecule has 0 spiro atoms. The van der Waals surface area contributed by atoms with Crippen molar-refractivity contribution in [2.75, 3.05) is 25.1 Å². The van der Waals surface area contributed by atoms with Crippen molar-refractivity contribution in [3.63, 3.8) is 0 Å². The molecular formula is C21H22N2O3. The van der Waals surface area contributed by atoms with Crippen molar-refractivity contribution in [3.8, 4) is 23.8 Å². The molecule has 5 nitrogen and oxygen atoms in total. The second-order valence-electron chi connectivity index (χ2n) is 6.16. The predicted molar refractivity (Wildman–Crippen MR) is 101 cm³/mol. The summed E-state index contributed by atoms with van der Waals surface area (Å²) in [6.45, 7) is 3.31. The molecule has 2 aromatic carbocycles. The van der Waals surface area contributed by atoms with Crippen LogP contribution in [0.4, 0.5) is 5.69 Å². The maximum absolute atomic E-state index is 11.3. The Bertz CT molecular complexity index is 809. The molecule has 26 heavy (non-hydrogen) atoms. The molecule has 3 rings (SSSR count). The molecule has 0 saturated heterocycles. The summed E-state index contributed by atoms with van der Waals surface area (Å²) in [5.74, 6) is 3.84. The zero-order chi connectivity index (χ0) is 18.4. The lowest BCUT2D eigenvalue weighted by molar-refractivity contribution is -0.118. The van der Waals surface area contributed by atoms with Gasteiger partial charge in [-0.2, -0.15) is 0 Å². The van der Waals surface area contributed by atoms with Gasteiger partial charge < -0.3 is 20.1 Å². The number of anilines is 1.